The van der Waals surface area contributed by atoms with Crippen LogP contribution >= 0.6 is 11.8 Å². The van der Waals surface area contributed by atoms with Crippen molar-refractivity contribution in [2.75, 3.05) is 43.9 Å². The zero-order valence-electron chi connectivity index (χ0n) is 14.4. The summed E-state index contributed by atoms with van der Waals surface area (Å²) in [4.78, 5) is 21.9. The van der Waals surface area contributed by atoms with Gasteiger partial charge < -0.3 is 14.5 Å². The number of carbonyl (C=O) groups excluding carboxylic acids is 1. The first-order chi connectivity index (χ1) is 12.3. The number of hydrogen-bond donors (Lipinski definition) is 0. The molecule has 0 N–H and O–H groups in total. The number of rotatable bonds is 6. The summed E-state index contributed by atoms with van der Waals surface area (Å²) in [5.74, 6) is 1.90. The number of pyridine rings is 1. The molecule has 2 heterocycles. The van der Waals surface area contributed by atoms with Crippen molar-refractivity contribution in [3.63, 3.8) is 0 Å². The topological polar surface area (TPSA) is 45.7 Å². The fraction of sp³-hybridized carbons (Fsp3) is 0.368. The van der Waals surface area contributed by atoms with E-state index in [0.717, 1.165) is 42.6 Å². The molecule has 0 bridgehead atoms. The summed E-state index contributed by atoms with van der Waals surface area (Å²) in [6, 6.07) is 12.0. The maximum atomic E-state index is 12.4. The number of carbonyl (C=O) groups is 1. The van der Waals surface area contributed by atoms with Crippen molar-refractivity contribution in [3.8, 4) is 5.75 Å². The van der Waals surface area contributed by atoms with Gasteiger partial charge in [0.05, 0.1) is 7.11 Å². The third-order valence-electron chi connectivity index (χ3n) is 4.30. The number of methoxy groups -OCH3 is 1. The van der Waals surface area contributed by atoms with Crippen molar-refractivity contribution in [2.24, 2.45) is 0 Å². The quantitative estimate of drug-likeness (QED) is 0.744. The van der Waals surface area contributed by atoms with E-state index in [1.165, 1.54) is 5.69 Å². The van der Waals surface area contributed by atoms with Crippen LogP contribution in [0.2, 0.25) is 0 Å². The molecule has 0 radical (unpaired) electrons. The Labute approximate surface area is 153 Å². The minimum Gasteiger partial charge on any atom is -0.497 e. The molecule has 1 fully saturated rings. The molecule has 0 spiro atoms. The van der Waals surface area contributed by atoms with Gasteiger partial charge in [0.25, 0.3) is 0 Å². The molecular weight excluding hydrogens is 334 g/mol. The molecule has 25 heavy (non-hydrogen) atoms. The van der Waals surface area contributed by atoms with Crippen LogP contribution in [0.25, 0.3) is 0 Å². The van der Waals surface area contributed by atoms with Crippen LogP contribution in [0, 0.1) is 0 Å². The lowest BCUT2D eigenvalue weighted by Gasteiger charge is -2.36. The summed E-state index contributed by atoms with van der Waals surface area (Å²) in [5, 5.41) is 0. The summed E-state index contributed by atoms with van der Waals surface area (Å²) < 4.78 is 5.15. The Morgan fingerprint density at radius 2 is 1.76 bits per heavy atom. The number of piperazine rings is 1. The highest BCUT2D eigenvalue weighted by atomic mass is 32.2. The Morgan fingerprint density at radius 3 is 2.40 bits per heavy atom. The number of benzene rings is 1. The van der Waals surface area contributed by atoms with E-state index >= 15 is 0 Å². The molecule has 1 saturated heterocycles. The molecule has 1 aromatic carbocycles. The van der Waals surface area contributed by atoms with E-state index in [0.29, 0.717) is 6.42 Å². The molecule has 1 aliphatic heterocycles. The number of anilines is 1. The third-order valence-corrected chi connectivity index (χ3v) is 5.32. The van der Waals surface area contributed by atoms with Gasteiger partial charge in [0.1, 0.15) is 5.75 Å². The molecule has 1 amide bonds. The number of amides is 1. The van der Waals surface area contributed by atoms with Gasteiger partial charge in [-0.05, 0) is 36.4 Å². The SMILES string of the molecule is COc1ccc(SCCC(=O)N2CCN(c3ccncc3)CC2)cc1. The van der Waals surface area contributed by atoms with Gasteiger partial charge in [0.2, 0.25) is 5.91 Å². The summed E-state index contributed by atoms with van der Waals surface area (Å²) in [6.07, 6.45) is 4.19. The van der Waals surface area contributed by atoms with Crippen molar-refractivity contribution in [3.05, 3.63) is 48.8 Å². The summed E-state index contributed by atoms with van der Waals surface area (Å²) in [6.45, 7) is 3.32. The predicted molar refractivity (Wildman–Crippen MR) is 101 cm³/mol. The summed E-state index contributed by atoms with van der Waals surface area (Å²) in [7, 11) is 1.66. The monoisotopic (exact) mass is 357 g/mol. The lowest BCUT2D eigenvalue weighted by molar-refractivity contribution is -0.131. The second kappa shape index (κ2) is 8.76. The largest absolute Gasteiger partial charge is 0.497 e. The van der Waals surface area contributed by atoms with E-state index in [1.54, 1.807) is 18.9 Å². The van der Waals surface area contributed by atoms with Gasteiger partial charge in [-0.25, -0.2) is 0 Å². The van der Waals surface area contributed by atoms with Gasteiger partial charge in [-0.15, -0.1) is 11.8 Å². The van der Waals surface area contributed by atoms with Crippen LogP contribution in [0.5, 0.6) is 5.75 Å². The van der Waals surface area contributed by atoms with Crippen molar-refractivity contribution in [1.29, 1.82) is 0 Å². The van der Waals surface area contributed by atoms with Gasteiger partial charge in [-0.2, -0.15) is 0 Å². The lowest BCUT2D eigenvalue weighted by atomic mass is 10.2. The zero-order valence-corrected chi connectivity index (χ0v) is 15.2. The standard InChI is InChI=1S/C19H23N3O2S/c1-24-17-2-4-18(5-3-17)25-15-8-19(23)22-13-11-21(12-14-22)16-6-9-20-10-7-16/h2-7,9-10H,8,11-15H2,1H3. The molecular formula is C19H23N3O2S. The predicted octanol–water partition coefficient (Wildman–Crippen LogP) is 2.92. The van der Waals surface area contributed by atoms with Crippen LogP contribution in [0.1, 0.15) is 6.42 Å². The third kappa shape index (κ3) is 4.89. The first-order valence-corrected chi connectivity index (χ1v) is 9.44. The summed E-state index contributed by atoms with van der Waals surface area (Å²) in [5.41, 5.74) is 1.18. The van der Waals surface area contributed by atoms with Crippen LogP contribution in [0.15, 0.2) is 53.7 Å². The van der Waals surface area contributed by atoms with Crippen molar-refractivity contribution in [1.82, 2.24) is 9.88 Å². The fourth-order valence-corrected chi connectivity index (χ4v) is 3.70. The molecule has 3 rings (SSSR count). The van der Waals surface area contributed by atoms with Gasteiger partial charge in [0.15, 0.2) is 0 Å². The van der Waals surface area contributed by atoms with E-state index in [1.807, 2.05) is 53.7 Å². The fourth-order valence-electron chi connectivity index (χ4n) is 2.86. The molecule has 6 heteroatoms. The molecule has 0 aliphatic carbocycles. The van der Waals surface area contributed by atoms with Gasteiger partial charge in [-0.1, -0.05) is 0 Å². The average molecular weight is 357 g/mol. The average Bonchev–Trinajstić information content (AvgIpc) is 2.69. The van der Waals surface area contributed by atoms with Crippen LogP contribution in [0.3, 0.4) is 0 Å². The van der Waals surface area contributed by atoms with E-state index in [9.17, 15) is 4.79 Å². The highest BCUT2D eigenvalue weighted by molar-refractivity contribution is 7.99. The first kappa shape index (κ1) is 17.6. The Morgan fingerprint density at radius 1 is 1.08 bits per heavy atom. The summed E-state index contributed by atoms with van der Waals surface area (Å²) >= 11 is 1.71. The van der Waals surface area contributed by atoms with Crippen LogP contribution in [0.4, 0.5) is 5.69 Å². The Kier molecular flexibility index (Phi) is 6.17. The van der Waals surface area contributed by atoms with Crippen LogP contribution in [-0.4, -0.2) is 54.8 Å². The molecule has 0 atom stereocenters. The molecule has 0 unspecified atom stereocenters. The van der Waals surface area contributed by atoms with Crippen molar-refractivity contribution in [2.45, 2.75) is 11.3 Å². The van der Waals surface area contributed by atoms with E-state index in [4.69, 9.17) is 4.74 Å². The highest BCUT2D eigenvalue weighted by Gasteiger charge is 2.20. The molecule has 0 saturated carbocycles. The number of hydrogen-bond acceptors (Lipinski definition) is 5. The molecule has 5 nitrogen and oxygen atoms in total. The maximum absolute atomic E-state index is 12.4. The molecule has 2 aromatic rings. The van der Waals surface area contributed by atoms with E-state index in [-0.39, 0.29) is 5.91 Å². The number of thioether (sulfide) groups is 1. The minimum atomic E-state index is 0.246. The second-order valence-corrected chi connectivity index (χ2v) is 7.02. The highest BCUT2D eigenvalue weighted by Crippen LogP contribution is 2.22. The number of aromatic nitrogens is 1. The molecule has 1 aromatic heterocycles. The molecule has 1 aliphatic rings. The number of ether oxygens (including phenoxy) is 1. The second-order valence-electron chi connectivity index (χ2n) is 5.85. The van der Waals surface area contributed by atoms with E-state index in [2.05, 4.69) is 9.88 Å². The van der Waals surface area contributed by atoms with Gasteiger partial charge >= 0.3 is 0 Å². The van der Waals surface area contributed by atoms with Crippen LogP contribution < -0.4 is 9.64 Å². The normalized spacial score (nSPS) is 14.4. The maximum Gasteiger partial charge on any atom is 0.223 e. The lowest BCUT2D eigenvalue weighted by Crippen LogP contribution is -2.48. The minimum absolute atomic E-state index is 0.246. The van der Waals surface area contributed by atoms with Crippen molar-refractivity contribution >= 4 is 23.4 Å². The van der Waals surface area contributed by atoms with Gasteiger partial charge in [-0.3, -0.25) is 9.78 Å². The Bertz CT molecular complexity index is 671. The van der Waals surface area contributed by atoms with Crippen molar-refractivity contribution < 1.29 is 9.53 Å². The van der Waals surface area contributed by atoms with Crippen LogP contribution in [-0.2, 0) is 4.79 Å². The van der Waals surface area contributed by atoms with E-state index < -0.39 is 0 Å². The molecule has 132 valence electrons. The Hall–Kier alpha value is -2.21. The first-order valence-electron chi connectivity index (χ1n) is 8.46. The number of nitrogens with zero attached hydrogens (tertiary/aromatic N) is 3. The van der Waals surface area contributed by atoms with Gasteiger partial charge in [0, 0.05) is 61.3 Å². The smallest absolute Gasteiger partial charge is 0.223 e. The Balaban J connectivity index is 1.40. The zero-order chi connectivity index (χ0) is 17.5.